The Kier molecular flexibility index (Phi) is 17.3. The first kappa shape index (κ1) is 35.9. The summed E-state index contributed by atoms with van der Waals surface area (Å²) in [5.41, 5.74) is 6.82. The standard InChI is InChI=1S/C21H27N5O5.4H2O/c1-13(2)8-17(21(30)31)26(20(29)16(22)9-15-10-23-12-25-15)18(27)11-24-19(28)14-6-4-3-5-7-14;;;;/h3-7,10,12-13,16-17H,8-9,11,22H2,1-2H3,(H,23,25)(H,24,28)(H,30,31);4*1H2. The molecule has 0 bridgehead atoms. The third-order valence-electron chi connectivity index (χ3n) is 4.53. The minimum absolute atomic E-state index is 0. The van der Waals surface area contributed by atoms with Crippen LogP contribution < -0.4 is 11.1 Å². The number of aromatic nitrogens is 2. The average Bonchev–Trinajstić information content (AvgIpc) is 3.24. The van der Waals surface area contributed by atoms with Crippen LogP contribution in [0.2, 0.25) is 0 Å². The van der Waals surface area contributed by atoms with Gasteiger partial charge in [0, 0.05) is 18.2 Å². The van der Waals surface area contributed by atoms with Gasteiger partial charge in [-0.25, -0.2) is 9.78 Å². The van der Waals surface area contributed by atoms with Crippen LogP contribution in [0.3, 0.4) is 0 Å². The van der Waals surface area contributed by atoms with E-state index >= 15 is 0 Å². The van der Waals surface area contributed by atoms with Gasteiger partial charge in [0.2, 0.25) is 11.8 Å². The molecule has 0 radical (unpaired) electrons. The minimum Gasteiger partial charge on any atom is -0.480 e. The van der Waals surface area contributed by atoms with Crippen LogP contribution in [0.15, 0.2) is 42.9 Å². The molecule has 14 heteroatoms. The van der Waals surface area contributed by atoms with Crippen molar-refractivity contribution in [3.05, 3.63) is 54.1 Å². The lowest BCUT2D eigenvalue weighted by molar-refractivity contribution is -0.159. The first-order valence-electron chi connectivity index (χ1n) is 9.85. The van der Waals surface area contributed by atoms with Gasteiger partial charge in [0.1, 0.15) is 6.04 Å². The lowest BCUT2D eigenvalue weighted by atomic mass is 10.0. The highest BCUT2D eigenvalue weighted by atomic mass is 16.4. The number of nitrogens with two attached hydrogens (primary N) is 1. The zero-order chi connectivity index (χ0) is 23.0. The van der Waals surface area contributed by atoms with Gasteiger partial charge in [0.15, 0.2) is 0 Å². The number of amides is 3. The summed E-state index contributed by atoms with van der Waals surface area (Å²) >= 11 is 0. The van der Waals surface area contributed by atoms with E-state index in [4.69, 9.17) is 5.73 Å². The number of hydrogen-bond donors (Lipinski definition) is 4. The molecule has 0 saturated heterocycles. The number of nitrogens with zero attached hydrogens (tertiary/aromatic N) is 2. The fourth-order valence-corrected chi connectivity index (χ4v) is 3.04. The van der Waals surface area contributed by atoms with E-state index < -0.39 is 42.3 Å². The number of imide groups is 1. The average molecular weight is 502 g/mol. The number of rotatable bonds is 10. The fraction of sp³-hybridized carbons (Fsp3) is 0.381. The summed E-state index contributed by atoms with van der Waals surface area (Å²) in [6, 6.07) is 5.65. The van der Waals surface area contributed by atoms with Gasteiger partial charge in [-0.3, -0.25) is 19.3 Å². The molecular formula is C21H35N5O9. The molecule has 1 heterocycles. The van der Waals surface area contributed by atoms with Crippen molar-refractivity contribution in [3.63, 3.8) is 0 Å². The number of aromatic amines is 1. The van der Waals surface area contributed by atoms with Crippen molar-refractivity contribution in [3.8, 4) is 0 Å². The van der Waals surface area contributed by atoms with Crippen LogP contribution >= 0.6 is 0 Å². The zero-order valence-corrected chi connectivity index (χ0v) is 19.4. The monoisotopic (exact) mass is 501 g/mol. The van der Waals surface area contributed by atoms with Crippen molar-refractivity contribution in [2.24, 2.45) is 11.7 Å². The summed E-state index contributed by atoms with van der Waals surface area (Å²) in [6.07, 6.45) is 3.06. The molecule has 0 fully saturated rings. The predicted octanol–water partition coefficient (Wildman–Crippen LogP) is -2.73. The summed E-state index contributed by atoms with van der Waals surface area (Å²) in [6.45, 7) is 3.02. The Bertz CT molecular complexity index is 907. The highest BCUT2D eigenvalue weighted by Crippen LogP contribution is 2.15. The lowest BCUT2D eigenvalue weighted by Gasteiger charge is -2.30. The first-order chi connectivity index (χ1) is 14.7. The Balaban J connectivity index is -0.00000256. The minimum atomic E-state index is -1.40. The number of carbonyl (C=O) groups excluding carboxylic acids is 3. The van der Waals surface area contributed by atoms with Crippen LogP contribution in [0.1, 0.15) is 36.3 Å². The smallest absolute Gasteiger partial charge is 0.326 e. The summed E-state index contributed by atoms with van der Waals surface area (Å²) in [5.74, 6) is -3.63. The van der Waals surface area contributed by atoms with Gasteiger partial charge in [-0.05, 0) is 24.5 Å². The first-order valence-corrected chi connectivity index (χ1v) is 9.85. The van der Waals surface area contributed by atoms with Crippen LogP contribution in [0.25, 0.3) is 0 Å². The zero-order valence-electron chi connectivity index (χ0n) is 19.4. The summed E-state index contributed by atoms with van der Waals surface area (Å²) < 4.78 is 0. The van der Waals surface area contributed by atoms with Crippen molar-refractivity contribution >= 4 is 23.7 Å². The van der Waals surface area contributed by atoms with Crippen LogP contribution in [0.5, 0.6) is 0 Å². The van der Waals surface area contributed by atoms with Gasteiger partial charge in [0.25, 0.3) is 5.91 Å². The highest BCUT2D eigenvalue weighted by Gasteiger charge is 2.37. The molecule has 2 unspecified atom stereocenters. The Morgan fingerprint density at radius 1 is 1.09 bits per heavy atom. The number of carbonyl (C=O) groups is 4. The van der Waals surface area contributed by atoms with Gasteiger partial charge >= 0.3 is 5.97 Å². The molecule has 0 saturated carbocycles. The van der Waals surface area contributed by atoms with Crippen LogP contribution in [0.4, 0.5) is 0 Å². The maximum Gasteiger partial charge on any atom is 0.326 e. The molecule has 1 aromatic heterocycles. The number of H-pyrrole nitrogens is 1. The van der Waals surface area contributed by atoms with Crippen LogP contribution in [-0.4, -0.2) is 84.2 Å². The van der Waals surface area contributed by atoms with E-state index in [1.54, 1.807) is 50.4 Å². The van der Waals surface area contributed by atoms with Crippen molar-refractivity contribution in [2.45, 2.75) is 38.8 Å². The van der Waals surface area contributed by atoms with E-state index in [9.17, 15) is 24.3 Å². The molecule has 198 valence electrons. The Labute approximate surface area is 201 Å². The Morgan fingerprint density at radius 3 is 2.17 bits per heavy atom. The van der Waals surface area contributed by atoms with Crippen molar-refractivity contribution < 1.29 is 46.2 Å². The van der Waals surface area contributed by atoms with E-state index in [0.29, 0.717) is 16.2 Å². The number of aliphatic carboxylic acids is 1. The number of nitrogens with one attached hydrogen (secondary N) is 2. The van der Waals surface area contributed by atoms with Crippen LogP contribution in [0, 0.1) is 5.92 Å². The second-order valence-corrected chi connectivity index (χ2v) is 7.51. The van der Waals surface area contributed by atoms with Gasteiger partial charge < -0.3 is 43.0 Å². The van der Waals surface area contributed by atoms with Gasteiger partial charge in [-0.1, -0.05) is 32.0 Å². The number of imidazole rings is 1. The van der Waals surface area contributed by atoms with Gasteiger partial charge in [-0.2, -0.15) is 0 Å². The molecule has 0 spiro atoms. The SMILES string of the molecule is CC(C)CC(C(=O)O)N(C(=O)CNC(=O)c1ccccc1)C(=O)C(N)Cc1c[nH]cn1.O.O.O.O. The molecule has 1 aromatic carbocycles. The molecule has 3 amide bonds. The quantitative estimate of drug-likeness (QED) is 0.266. The Morgan fingerprint density at radius 2 is 1.69 bits per heavy atom. The normalized spacial score (nSPS) is 11.3. The molecule has 2 atom stereocenters. The largest absolute Gasteiger partial charge is 0.480 e. The van der Waals surface area contributed by atoms with E-state index in [1.807, 2.05) is 0 Å². The molecule has 0 aliphatic rings. The predicted molar refractivity (Wildman–Crippen MR) is 126 cm³/mol. The molecule has 35 heavy (non-hydrogen) atoms. The third-order valence-corrected chi connectivity index (χ3v) is 4.53. The maximum absolute atomic E-state index is 13.0. The number of carboxylic acids is 1. The third kappa shape index (κ3) is 10.4. The van der Waals surface area contributed by atoms with Crippen LogP contribution in [-0.2, 0) is 20.8 Å². The topological polar surface area (TPSA) is 284 Å². The molecule has 14 nitrogen and oxygen atoms in total. The molecule has 0 aliphatic heterocycles. The molecule has 0 aliphatic carbocycles. The van der Waals surface area contributed by atoms with E-state index in [1.165, 1.54) is 6.33 Å². The summed E-state index contributed by atoms with van der Waals surface area (Å²) in [5, 5.41) is 12.1. The number of carboxylic acid groups (broad SMARTS) is 1. The second kappa shape index (κ2) is 16.9. The molecule has 13 N–H and O–H groups in total. The summed E-state index contributed by atoms with van der Waals surface area (Å²) in [7, 11) is 0. The van der Waals surface area contributed by atoms with Crippen molar-refractivity contribution in [1.29, 1.82) is 0 Å². The van der Waals surface area contributed by atoms with E-state index in [-0.39, 0.29) is 40.7 Å². The van der Waals surface area contributed by atoms with Crippen molar-refractivity contribution in [2.75, 3.05) is 6.54 Å². The second-order valence-electron chi connectivity index (χ2n) is 7.51. The number of hydrogen-bond acceptors (Lipinski definition) is 6. The van der Waals surface area contributed by atoms with Gasteiger partial charge in [0.05, 0.1) is 24.6 Å². The number of benzene rings is 1. The Hall–Kier alpha value is -3.69. The lowest BCUT2D eigenvalue weighted by Crippen LogP contribution is -2.57. The maximum atomic E-state index is 13.0. The van der Waals surface area contributed by atoms with Gasteiger partial charge in [-0.15, -0.1) is 0 Å². The fourth-order valence-electron chi connectivity index (χ4n) is 3.04. The molecular weight excluding hydrogens is 466 g/mol. The summed E-state index contributed by atoms with van der Waals surface area (Å²) in [4.78, 5) is 57.5. The van der Waals surface area contributed by atoms with E-state index in [2.05, 4.69) is 15.3 Å². The van der Waals surface area contributed by atoms with Crippen molar-refractivity contribution in [1.82, 2.24) is 20.2 Å². The highest BCUT2D eigenvalue weighted by molar-refractivity contribution is 6.04. The van der Waals surface area contributed by atoms with E-state index in [0.717, 1.165) is 0 Å². The molecule has 2 rings (SSSR count). The molecule has 2 aromatic rings.